The lowest BCUT2D eigenvalue weighted by atomic mass is 9.94. The highest BCUT2D eigenvalue weighted by atomic mass is 16.5. The number of amides is 1. The largest absolute Gasteiger partial charge is 0.503 e. The van der Waals surface area contributed by atoms with Crippen molar-refractivity contribution >= 4 is 22.7 Å². The number of aliphatic hydroxyl groups is 1. The van der Waals surface area contributed by atoms with Crippen molar-refractivity contribution in [2.24, 2.45) is 0 Å². The van der Waals surface area contributed by atoms with Crippen LogP contribution >= 0.6 is 0 Å². The van der Waals surface area contributed by atoms with Gasteiger partial charge in [-0.3, -0.25) is 14.5 Å². The minimum Gasteiger partial charge on any atom is -0.503 e. The smallest absolute Gasteiger partial charge is 0.290 e. The van der Waals surface area contributed by atoms with Crippen molar-refractivity contribution in [3.8, 4) is 11.5 Å². The summed E-state index contributed by atoms with van der Waals surface area (Å²) in [5, 5.41) is 11.8. The molecular weight excluding hydrogens is 488 g/mol. The highest BCUT2D eigenvalue weighted by Crippen LogP contribution is 2.42. The molecule has 2 aromatic carbocycles. The monoisotopic (exact) mass is 520 g/mol. The molecule has 9 heteroatoms. The fourth-order valence-corrected chi connectivity index (χ4v) is 5.07. The number of aryl methyl sites for hydroxylation is 1. The standard InChI is InChI=1S/C29H32N2O7/c1-4-37-22-8-6-19(16-23(22)35-3)26-25(27(32)24-17-20-15-18(2)5-7-21(20)38-24)28(33)29(34)31(26)10-9-30-11-13-36-14-12-30/h5-8,15-17,26,33H,4,9-14H2,1-3H3. The first kappa shape index (κ1) is 25.8. The van der Waals surface area contributed by atoms with Crippen LogP contribution in [0.1, 0.15) is 34.6 Å². The number of ketones is 1. The van der Waals surface area contributed by atoms with E-state index in [0.29, 0.717) is 55.6 Å². The van der Waals surface area contributed by atoms with Crippen LogP contribution in [0.25, 0.3) is 11.0 Å². The molecule has 1 saturated heterocycles. The quantitative estimate of drug-likeness (QED) is 0.422. The second-order valence-electron chi connectivity index (χ2n) is 9.44. The Labute approximate surface area is 221 Å². The summed E-state index contributed by atoms with van der Waals surface area (Å²) in [5.74, 6) is -0.591. The van der Waals surface area contributed by atoms with Crippen molar-refractivity contribution in [3.05, 3.63) is 70.7 Å². The Morgan fingerprint density at radius 3 is 2.61 bits per heavy atom. The van der Waals surface area contributed by atoms with Gasteiger partial charge in [0.15, 0.2) is 23.0 Å². The number of hydrogen-bond donors (Lipinski definition) is 1. The zero-order valence-corrected chi connectivity index (χ0v) is 21.9. The lowest BCUT2D eigenvalue weighted by molar-refractivity contribution is -0.129. The third-order valence-corrected chi connectivity index (χ3v) is 7.01. The fraction of sp³-hybridized carbons (Fsp3) is 0.379. The van der Waals surface area contributed by atoms with E-state index in [2.05, 4.69) is 4.90 Å². The summed E-state index contributed by atoms with van der Waals surface area (Å²) >= 11 is 0. The van der Waals surface area contributed by atoms with Crippen molar-refractivity contribution in [3.63, 3.8) is 0 Å². The van der Waals surface area contributed by atoms with Crippen molar-refractivity contribution in [1.29, 1.82) is 0 Å². The third-order valence-electron chi connectivity index (χ3n) is 7.01. The average Bonchev–Trinajstić information content (AvgIpc) is 3.46. The Kier molecular flexibility index (Phi) is 7.40. The normalized spacial score (nSPS) is 18.4. The van der Waals surface area contributed by atoms with Crippen LogP contribution < -0.4 is 9.47 Å². The van der Waals surface area contributed by atoms with Crippen LogP contribution in [0.5, 0.6) is 11.5 Å². The Hall–Kier alpha value is -3.82. The van der Waals surface area contributed by atoms with Gasteiger partial charge in [-0.1, -0.05) is 17.7 Å². The van der Waals surface area contributed by atoms with Gasteiger partial charge in [-0.2, -0.15) is 0 Å². The van der Waals surface area contributed by atoms with Crippen LogP contribution in [0.4, 0.5) is 0 Å². The summed E-state index contributed by atoms with van der Waals surface area (Å²) in [6, 6.07) is 11.8. The number of rotatable bonds is 9. The van der Waals surface area contributed by atoms with Gasteiger partial charge in [0, 0.05) is 31.6 Å². The number of Topliss-reactive ketones (excluding diaryl/α,β-unsaturated/α-hetero) is 1. The van der Waals surface area contributed by atoms with Gasteiger partial charge in [0.2, 0.25) is 5.78 Å². The molecule has 0 spiro atoms. The molecule has 3 aromatic rings. The molecular formula is C29H32N2O7. The van der Waals surface area contributed by atoms with Crippen LogP contribution in [0.2, 0.25) is 0 Å². The van der Waals surface area contributed by atoms with Crippen LogP contribution in [-0.2, 0) is 9.53 Å². The maximum Gasteiger partial charge on any atom is 0.290 e. The van der Waals surface area contributed by atoms with E-state index in [1.807, 2.05) is 26.0 Å². The van der Waals surface area contributed by atoms with Gasteiger partial charge in [0.1, 0.15) is 5.58 Å². The van der Waals surface area contributed by atoms with Gasteiger partial charge >= 0.3 is 0 Å². The number of fused-ring (bicyclic) bond motifs is 1. The summed E-state index contributed by atoms with van der Waals surface area (Å²) in [5.41, 5.74) is 2.20. The summed E-state index contributed by atoms with van der Waals surface area (Å²) in [7, 11) is 1.54. The van der Waals surface area contributed by atoms with Gasteiger partial charge < -0.3 is 28.6 Å². The average molecular weight is 521 g/mol. The molecule has 1 aromatic heterocycles. The fourth-order valence-electron chi connectivity index (χ4n) is 5.07. The maximum atomic E-state index is 13.8. The van der Waals surface area contributed by atoms with E-state index in [4.69, 9.17) is 18.6 Å². The predicted molar refractivity (Wildman–Crippen MR) is 141 cm³/mol. The molecule has 0 saturated carbocycles. The van der Waals surface area contributed by atoms with E-state index >= 15 is 0 Å². The number of benzene rings is 2. The number of aliphatic hydroxyl groups excluding tert-OH is 1. The summed E-state index contributed by atoms with van der Waals surface area (Å²) in [6.07, 6.45) is 0. The topological polar surface area (TPSA) is 102 Å². The first-order valence-electron chi connectivity index (χ1n) is 12.8. The molecule has 1 fully saturated rings. The van der Waals surface area contributed by atoms with E-state index in [9.17, 15) is 14.7 Å². The lowest BCUT2D eigenvalue weighted by Crippen LogP contribution is -2.43. The number of ether oxygens (including phenoxy) is 3. The number of hydrogen-bond acceptors (Lipinski definition) is 8. The van der Waals surface area contributed by atoms with Crippen molar-refractivity contribution < 1.29 is 33.3 Å². The number of morpholine rings is 1. The van der Waals surface area contributed by atoms with Crippen molar-refractivity contribution in [2.45, 2.75) is 19.9 Å². The van der Waals surface area contributed by atoms with Crippen LogP contribution in [-0.4, -0.2) is 79.7 Å². The first-order chi connectivity index (χ1) is 18.4. The zero-order valence-electron chi connectivity index (χ0n) is 21.9. The molecule has 0 aliphatic carbocycles. The molecule has 200 valence electrons. The van der Waals surface area contributed by atoms with Crippen LogP contribution in [0.15, 0.2) is 58.2 Å². The molecule has 0 radical (unpaired) electrons. The van der Waals surface area contributed by atoms with Gasteiger partial charge in [-0.15, -0.1) is 0 Å². The van der Waals surface area contributed by atoms with E-state index in [1.165, 1.54) is 7.11 Å². The molecule has 9 nitrogen and oxygen atoms in total. The van der Waals surface area contributed by atoms with E-state index < -0.39 is 23.5 Å². The van der Waals surface area contributed by atoms with Crippen molar-refractivity contribution in [2.75, 3.05) is 53.1 Å². The Morgan fingerprint density at radius 1 is 1.08 bits per heavy atom. The number of methoxy groups -OCH3 is 1. The third kappa shape index (κ3) is 4.87. The SMILES string of the molecule is CCOc1ccc(C2C(C(=O)c3cc4cc(C)ccc4o3)=C(O)C(=O)N2CCN2CCOCC2)cc1OC. The Morgan fingerprint density at radius 2 is 1.87 bits per heavy atom. The van der Waals surface area contributed by atoms with Crippen LogP contribution in [0.3, 0.4) is 0 Å². The molecule has 2 aliphatic rings. The van der Waals surface area contributed by atoms with Crippen molar-refractivity contribution in [1.82, 2.24) is 9.80 Å². The van der Waals surface area contributed by atoms with E-state index in [-0.39, 0.29) is 11.3 Å². The molecule has 1 atom stereocenters. The molecule has 1 N–H and O–H groups in total. The van der Waals surface area contributed by atoms with Gasteiger partial charge in [-0.05, 0) is 49.7 Å². The highest BCUT2D eigenvalue weighted by Gasteiger charge is 2.44. The predicted octanol–water partition coefficient (Wildman–Crippen LogP) is 4.06. The molecule has 0 bridgehead atoms. The second kappa shape index (κ2) is 10.9. The molecule has 3 heterocycles. The van der Waals surface area contributed by atoms with E-state index in [0.717, 1.165) is 24.0 Å². The number of furan rings is 1. The zero-order chi connectivity index (χ0) is 26.8. The summed E-state index contributed by atoms with van der Waals surface area (Å²) < 4.78 is 22.5. The van der Waals surface area contributed by atoms with Gasteiger partial charge in [0.05, 0.1) is 38.5 Å². The first-order valence-corrected chi connectivity index (χ1v) is 12.8. The second-order valence-corrected chi connectivity index (χ2v) is 9.44. The highest BCUT2D eigenvalue weighted by molar-refractivity contribution is 6.16. The molecule has 1 amide bonds. The molecule has 5 rings (SSSR count). The van der Waals surface area contributed by atoms with Gasteiger partial charge in [-0.25, -0.2) is 0 Å². The van der Waals surface area contributed by atoms with Crippen LogP contribution in [0, 0.1) is 6.92 Å². The maximum absolute atomic E-state index is 13.8. The number of carbonyl (C=O) groups excluding carboxylic acids is 2. The molecule has 38 heavy (non-hydrogen) atoms. The van der Waals surface area contributed by atoms with E-state index in [1.54, 1.807) is 35.2 Å². The molecule has 2 aliphatic heterocycles. The van der Waals surface area contributed by atoms with Gasteiger partial charge in [0.25, 0.3) is 5.91 Å². The number of carbonyl (C=O) groups is 2. The summed E-state index contributed by atoms with van der Waals surface area (Å²) in [4.78, 5) is 31.0. The Bertz CT molecular complexity index is 1390. The Balaban J connectivity index is 1.54. The minimum absolute atomic E-state index is 0.0148. The summed E-state index contributed by atoms with van der Waals surface area (Å²) in [6.45, 7) is 7.97. The lowest BCUT2D eigenvalue weighted by Gasteiger charge is -2.31. The number of nitrogens with zero attached hydrogens (tertiary/aromatic N) is 2. The minimum atomic E-state index is -0.824. The molecule has 1 unspecified atom stereocenters.